The highest BCUT2D eigenvalue weighted by molar-refractivity contribution is 5.78. The second-order valence-corrected chi connectivity index (χ2v) is 7.51. The zero-order valence-corrected chi connectivity index (χ0v) is 17.2. The van der Waals surface area contributed by atoms with Crippen LogP contribution in [0.25, 0.3) is 0 Å². The van der Waals surface area contributed by atoms with E-state index in [9.17, 15) is 0 Å². The molecule has 0 saturated carbocycles. The van der Waals surface area contributed by atoms with Crippen molar-refractivity contribution in [1.29, 1.82) is 0 Å². The van der Waals surface area contributed by atoms with E-state index in [0.29, 0.717) is 0 Å². The number of anilines is 3. The summed E-state index contributed by atoms with van der Waals surface area (Å²) in [6.45, 7) is 2.28. The van der Waals surface area contributed by atoms with Crippen LogP contribution in [0, 0.1) is 0 Å². The van der Waals surface area contributed by atoms with E-state index in [1.807, 2.05) is 0 Å². The summed E-state index contributed by atoms with van der Waals surface area (Å²) in [6, 6.07) is 30.3. The van der Waals surface area contributed by atoms with Crippen LogP contribution >= 0.6 is 0 Å². The highest BCUT2D eigenvalue weighted by Gasteiger charge is 2.14. The lowest BCUT2D eigenvalue weighted by molar-refractivity contribution is 0.589. The molecule has 0 fully saturated rings. The Hall–Kier alpha value is -2.54. The van der Waals surface area contributed by atoms with E-state index in [1.165, 1.54) is 67.6 Å². The van der Waals surface area contributed by atoms with Crippen molar-refractivity contribution >= 4 is 17.1 Å². The van der Waals surface area contributed by atoms with Gasteiger partial charge in [-0.15, -0.1) is 0 Å². The van der Waals surface area contributed by atoms with Crippen LogP contribution in [0.1, 0.15) is 57.4 Å². The lowest BCUT2D eigenvalue weighted by atomic mass is 10.0. The summed E-state index contributed by atoms with van der Waals surface area (Å²) in [6.07, 6.45) is 10.6. The molecule has 0 spiro atoms. The third-order valence-corrected chi connectivity index (χ3v) is 5.31. The highest BCUT2D eigenvalue weighted by atomic mass is 15.1. The molecule has 28 heavy (non-hydrogen) atoms. The van der Waals surface area contributed by atoms with Crippen LogP contribution in [0.15, 0.2) is 84.9 Å². The van der Waals surface area contributed by atoms with Gasteiger partial charge in [0.1, 0.15) is 0 Å². The fraction of sp³-hybridized carbons (Fsp3) is 0.333. The Bertz CT molecular complexity index is 755. The van der Waals surface area contributed by atoms with Gasteiger partial charge < -0.3 is 4.90 Å². The number of aryl methyl sites for hydroxylation is 1. The molecule has 0 amide bonds. The van der Waals surface area contributed by atoms with Crippen LogP contribution in [-0.2, 0) is 6.42 Å². The van der Waals surface area contributed by atoms with Gasteiger partial charge in [-0.2, -0.15) is 0 Å². The summed E-state index contributed by atoms with van der Waals surface area (Å²) in [5.74, 6) is 0. The van der Waals surface area contributed by atoms with Gasteiger partial charge in [0, 0.05) is 17.1 Å². The van der Waals surface area contributed by atoms with Crippen molar-refractivity contribution in [2.75, 3.05) is 4.90 Å². The first-order valence-corrected chi connectivity index (χ1v) is 10.9. The van der Waals surface area contributed by atoms with E-state index in [0.717, 1.165) is 6.42 Å². The Morgan fingerprint density at radius 2 is 1.04 bits per heavy atom. The molecule has 0 aliphatic heterocycles. The Balaban J connectivity index is 1.76. The van der Waals surface area contributed by atoms with E-state index in [2.05, 4.69) is 96.8 Å². The first-order chi connectivity index (χ1) is 13.9. The van der Waals surface area contributed by atoms with Crippen LogP contribution in [0.5, 0.6) is 0 Å². The van der Waals surface area contributed by atoms with Gasteiger partial charge in [0.25, 0.3) is 0 Å². The van der Waals surface area contributed by atoms with Crippen molar-refractivity contribution in [2.24, 2.45) is 0 Å². The molecule has 0 N–H and O–H groups in total. The topological polar surface area (TPSA) is 3.24 Å². The van der Waals surface area contributed by atoms with Crippen LogP contribution in [-0.4, -0.2) is 0 Å². The molecular weight excluding hydrogens is 338 g/mol. The largest absolute Gasteiger partial charge is 0.310 e. The number of benzene rings is 3. The molecule has 0 aromatic heterocycles. The number of nitrogens with zero attached hydrogens (tertiary/aromatic N) is 1. The first-order valence-electron chi connectivity index (χ1n) is 10.9. The van der Waals surface area contributed by atoms with Crippen LogP contribution in [0.2, 0.25) is 0 Å². The zero-order chi connectivity index (χ0) is 19.4. The highest BCUT2D eigenvalue weighted by Crippen LogP contribution is 2.36. The van der Waals surface area contributed by atoms with Crippen molar-refractivity contribution in [2.45, 2.75) is 58.3 Å². The fourth-order valence-corrected chi connectivity index (χ4v) is 3.79. The van der Waals surface area contributed by atoms with Crippen LogP contribution < -0.4 is 4.90 Å². The molecular formula is C27H33N. The number of para-hydroxylation sites is 3. The monoisotopic (exact) mass is 371 g/mol. The maximum absolute atomic E-state index is 2.39. The summed E-state index contributed by atoms with van der Waals surface area (Å²) in [7, 11) is 0. The van der Waals surface area contributed by atoms with Crippen molar-refractivity contribution in [3.8, 4) is 0 Å². The third kappa shape index (κ3) is 5.73. The summed E-state index contributed by atoms with van der Waals surface area (Å²) in [4.78, 5) is 2.39. The molecule has 0 saturated heterocycles. The number of hydrogen-bond donors (Lipinski definition) is 0. The van der Waals surface area contributed by atoms with E-state index in [-0.39, 0.29) is 0 Å². The minimum Gasteiger partial charge on any atom is -0.310 e. The second kappa shape index (κ2) is 11.3. The van der Waals surface area contributed by atoms with Gasteiger partial charge in [0.2, 0.25) is 0 Å². The second-order valence-electron chi connectivity index (χ2n) is 7.51. The summed E-state index contributed by atoms with van der Waals surface area (Å²) >= 11 is 0. The van der Waals surface area contributed by atoms with Crippen molar-refractivity contribution < 1.29 is 0 Å². The zero-order valence-electron chi connectivity index (χ0n) is 17.2. The standard InChI is InChI=1S/C27H33N/c1-2-3-4-5-6-7-10-17-24-18-15-16-23-27(24)28(25-19-11-8-12-20-25)26-21-13-9-14-22-26/h8-9,11-16,18-23H,2-7,10,17H2,1H3. The summed E-state index contributed by atoms with van der Waals surface area (Å²) in [5, 5.41) is 0. The van der Waals surface area contributed by atoms with E-state index in [4.69, 9.17) is 0 Å². The molecule has 0 bridgehead atoms. The third-order valence-electron chi connectivity index (χ3n) is 5.31. The normalized spacial score (nSPS) is 10.8. The predicted octanol–water partition coefficient (Wildman–Crippen LogP) is 8.45. The average Bonchev–Trinajstić information content (AvgIpc) is 2.76. The van der Waals surface area contributed by atoms with E-state index >= 15 is 0 Å². The Labute approximate surface area is 171 Å². The van der Waals surface area contributed by atoms with Gasteiger partial charge in [-0.05, 0) is 48.7 Å². The lowest BCUT2D eigenvalue weighted by Crippen LogP contribution is -2.12. The molecule has 0 radical (unpaired) electrons. The minimum absolute atomic E-state index is 1.14. The van der Waals surface area contributed by atoms with Gasteiger partial charge in [0.15, 0.2) is 0 Å². The van der Waals surface area contributed by atoms with E-state index < -0.39 is 0 Å². The lowest BCUT2D eigenvalue weighted by Gasteiger charge is -2.27. The fourth-order valence-electron chi connectivity index (χ4n) is 3.79. The molecule has 3 aromatic carbocycles. The quantitative estimate of drug-likeness (QED) is 0.306. The van der Waals surface area contributed by atoms with Crippen molar-refractivity contribution in [1.82, 2.24) is 0 Å². The minimum atomic E-state index is 1.14. The first kappa shape index (κ1) is 20.2. The molecule has 0 aliphatic carbocycles. The number of unbranched alkanes of at least 4 members (excludes halogenated alkanes) is 6. The summed E-state index contributed by atoms with van der Waals surface area (Å²) < 4.78 is 0. The maximum Gasteiger partial charge on any atom is 0.0493 e. The molecule has 1 heteroatoms. The molecule has 3 aromatic rings. The van der Waals surface area contributed by atoms with Crippen molar-refractivity contribution in [3.05, 3.63) is 90.5 Å². The molecule has 0 aliphatic rings. The average molecular weight is 372 g/mol. The Morgan fingerprint density at radius 3 is 1.64 bits per heavy atom. The SMILES string of the molecule is CCCCCCCCCc1ccccc1N(c1ccccc1)c1ccccc1. The van der Waals surface area contributed by atoms with Gasteiger partial charge >= 0.3 is 0 Å². The van der Waals surface area contributed by atoms with Crippen molar-refractivity contribution in [3.63, 3.8) is 0 Å². The molecule has 3 rings (SSSR count). The molecule has 0 unspecified atom stereocenters. The van der Waals surface area contributed by atoms with Gasteiger partial charge in [-0.1, -0.05) is 100 Å². The van der Waals surface area contributed by atoms with Gasteiger partial charge in [-0.25, -0.2) is 0 Å². The van der Waals surface area contributed by atoms with Crippen LogP contribution in [0.4, 0.5) is 17.1 Å². The van der Waals surface area contributed by atoms with Gasteiger partial charge in [-0.3, -0.25) is 0 Å². The Morgan fingerprint density at radius 1 is 0.536 bits per heavy atom. The summed E-state index contributed by atoms with van der Waals surface area (Å²) in [5.41, 5.74) is 5.15. The molecule has 0 heterocycles. The predicted molar refractivity (Wildman–Crippen MR) is 123 cm³/mol. The molecule has 0 atom stereocenters. The number of hydrogen-bond acceptors (Lipinski definition) is 1. The number of rotatable bonds is 11. The molecule has 1 nitrogen and oxygen atoms in total. The molecule has 146 valence electrons. The van der Waals surface area contributed by atoms with Crippen LogP contribution in [0.3, 0.4) is 0 Å². The Kier molecular flexibility index (Phi) is 8.18. The maximum atomic E-state index is 2.39. The van der Waals surface area contributed by atoms with E-state index in [1.54, 1.807) is 0 Å². The van der Waals surface area contributed by atoms with Gasteiger partial charge in [0.05, 0.1) is 0 Å². The smallest absolute Gasteiger partial charge is 0.0493 e.